The fourth-order valence-electron chi connectivity index (χ4n) is 3.39. The maximum atomic E-state index is 12.4. The van der Waals surface area contributed by atoms with Gasteiger partial charge in [-0.05, 0) is 36.4 Å². The molecule has 1 aromatic carbocycles. The number of carbonyl (C=O) groups excluding carboxylic acids is 1. The van der Waals surface area contributed by atoms with E-state index in [2.05, 4.69) is 22.8 Å². The van der Waals surface area contributed by atoms with Gasteiger partial charge in [0.2, 0.25) is 0 Å². The van der Waals surface area contributed by atoms with Gasteiger partial charge < -0.3 is 15.1 Å². The number of nitrogens with one attached hydrogen (secondary N) is 3. The normalized spacial score (nSPS) is 20.8. The largest absolute Gasteiger partial charge is 0.321 e. The maximum Gasteiger partial charge on any atom is 0.279 e. The summed E-state index contributed by atoms with van der Waals surface area (Å²) in [6, 6.07) is 10.5. The highest BCUT2D eigenvalue weighted by Crippen LogP contribution is 2.18. The molecule has 5 heteroatoms. The number of thiophene rings is 1. The first kappa shape index (κ1) is 17.1. The topological polar surface area (TPSA) is 38.0 Å². The zero-order chi connectivity index (χ0) is 16.9. The van der Waals surface area contributed by atoms with Crippen LogP contribution in [0.2, 0.25) is 0 Å². The van der Waals surface area contributed by atoms with Crippen molar-refractivity contribution < 1.29 is 14.6 Å². The fraction of sp³-hybridized carbons (Fsp3) is 0.421. The van der Waals surface area contributed by atoms with Crippen LogP contribution in [0.1, 0.15) is 16.0 Å². The monoisotopic (exact) mass is 345 g/mol. The summed E-state index contributed by atoms with van der Waals surface area (Å²) in [5.41, 5.74) is 3.23. The van der Waals surface area contributed by atoms with Gasteiger partial charge in [-0.1, -0.05) is 24.3 Å². The standard InChI is InChI=1S/C19H25N3OS/c1-15-5-3-6-16(2)19(15)20-18(23)14-22-10-8-21(9-11-22)13-17-7-4-12-24-17/h3-7,12H,8-11,13-14H2,1-2H3,(H,20,23)/p+2. The minimum Gasteiger partial charge on any atom is -0.321 e. The molecule has 2 aromatic rings. The SMILES string of the molecule is Cc1cccc(C)c1NC(=O)C[NH+]1CC[NH+](Cc2cccs2)CC1. The van der Waals surface area contributed by atoms with Crippen molar-refractivity contribution >= 4 is 22.9 Å². The molecule has 0 atom stereocenters. The Morgan fingerprint density at radius 2 is 1.71 bits per heavy atom. The Balaban J connectivity index is 1.46. The van der Waals surface area contributed by atoms with E-state index in [9.17, 15) is 4.79 Å². The molecular formula is C19H27N3OS+2. The molecule has 1 amide bonds. The third-order valence-electron chi connectivity index (χ3n) is 4.82. The van der Waals surface area contributed by atoms with Crippen LogP contribution in [0.15, 0.2) is 35.7 Å². The first-order valence-electron chi connectivity index (χ1n) is 8.67. The molecule has 1 fully saturated rings. The van der Waals surface area contributed by atoms with E-state index in [0.29, 0.717) is 6.54 Å². The van der Waals surface area contributed by atoms with Crippen molar-refractivity contribution in [3.8, 4) is 0 Å². The molecule has 128 valence electrons. The van der Waals surface area contributed by atoms with Gasteiger partial charge >= 0.3 is 0 Å². The van der Waals surface area contributed by atoms with Gasteiger partial charge in [0, 0.05) is 5.69 Å². The summed E-state index contributed by atoms with van der Waals surface area (Å²) in [6.07, 6.45) is 0. The van der Waals surface area contributed by atoms with E-state index in [0.717, 1.165) is 49.5 Å². The van der Waals surface area contributed by atoms with Gasteiger partial charge in [0.15, 0.2) is 6.54 Å². The van der Waals surface area contributed by atoms with Gasteiger partial charge in [0.25, 0.3) is 5.91 Å². The minimum absolute atomic E-state index is 0.129. The number of quaternary nitrogens is 2. The number of amides is 1. The molecular weight excluding hydrogens is 318 g/mol. The van der Waals surface area contributed by atoms with Crippen LogP contribution in [0, 0.1) is 13.8 Å². The molecule has 1 aliphatic rings. The highest BCUT2D eigenvalue weighted by Gasteiger charge is 2.25. The van der Waals surface area contributed by atoms with Gasteiger partial charge in [0.05, 0.1) is 4.88 Å². The molecule has 0 aliphatic carbocycles. The van der Waals surface area contributed by atoms with Crippen LogP contribution < -0.4 is 15.1 Å². The van der Waals surface area contributed by atoms with Crippen molar-refractivity contribution in [2.75, 3.05) is 38.0 Å². The molecule has 3 N–H and O–H groups in total. The number of aryl methyl sites for hydroxylation is 2. The number of carbonyl (C=O) groups is 1. The third kappa shape index (κ3) is 4.44. The molecule has 1 saturated heterocycles. The second kappa shape index (κ2) is 7.92. The van der Waals surface area contributed by atoms with Crippen molar-refractivity contribution in [3.05, 3.63) is 51.7 Å². The molecule has 0 unspecified atom stereocenters. The van der Waals surface area contributed by atoms with E-state index in [-0.39, 0.29) is 5.91 Å². The summed E-state index contributed by atoms with van der Waals surface area (Å²) in [5.74, 6) is 0.129. The zero-order valence-electron chi connectivity index (χ0n) is 14.5. The summed E-state index contributed by atoms with van der Waals surface area (Å²) < 4.78 is 0. The Labute approximate surface area is 148 Å². The van der Waals surface area contributed by atoms with Crippen molar-refractivity contribution in [1.82, 2.24) is 0 Å². The molecule has 0 saturated carbocycles. The smallest absolute Gasteiger partial charge is 0.279 e. The first-order chi connectivity index (χ1) is 11.6. The highest BCUT2D eigenvalue weighted by atomic mass is 32.1. The summed E-state index contributed by atoms with van der Waals surface area (Å²) in [5, 5.41) is 5.26. The second-order valence-corrected chi connectivity index (χ2v) is 7.78. The van der Waals surface area contributed by atoms with Gasteiger partial charge in [-0.15, -0.1) is 11.3 Å². The summed E-state index contributed by atoms with van der Waals surface area (Å²) in [4.78, 5) is 16.9. The Bertz CT molecular complexity index is 656. The predicted octanol–water partition coefficient (Wildman–Crippen LogP) is 0.287. The lowest BCUT2D eigenvalue weighted by Gasteiger charge is -2.29. The second-order valence-electron chi connectivity index (χ2n) is 6.75. The van der Waals surface area contributed by atoms with Crippen LogP contribution in [0.5, 0.6) is 0 Å². The molecule has 1 aromatic heterocycles. The average Bonchev–Trinajstić information content (AvgIpc) is 3.06. The van der Waals surface area contributed by atoms with E-state index in [4.69, 9.17) is 0 Å². The van der Waals surface area contributed by atoms with Gasteiger partial charge in [-0.2, -0.15) is 0 Å². The number of para-hydroxylation sites is 1. The third-order valence-corrected chi connectivity index (χ3v) is 5.70. The molecule has 0 spiro atoms. The zero-order valence-corrected chi connectivity index (χ0v) is 15.3. The lowest BCUT2D eigenvalue weighted by Crippen LogP contribution is -3.28. The number of anilines is 1. The predicted molar refractivity (Wildman–Crippen MR) is 98.8 cm³/mol. The lowest BCUT2D eigenvalue weighted by atomic mass is 10.1. The summed E-state index contributed by atoms with van der Waals surface area (Å²) in [7, 11) is 0. The Hall–Kier alpha value is -1.69. The molecule has 3 rings (SSSR count). The summed E-state index contributed by atoms with van der Waals surface area (Å²) in [6.45, 7) is 10.2. The Morgan fingerprint density at radius 3 is 2.33 bits per heavy atom. The van der Waals surface area contributed by atoms with Crippen LogP contribution in [-0.4, -0.2) is 38.6 Å². The van der Waals surface area contributed by atoms with E-state index in [1.165, 1.54) is 9.78 Å². The number of rotatable bonds is 5. The van der Waals surface area contributed by atoms with E-state index in [1.807, 2.05) is 43.4 Å². The van der Waals surface area contributed by atoms with Crippen LogP contribution >= 0.6 is 11.3 Å². The summed E-state index contributed by atoms with van der Waals surface area (Å²) >= 11 is 1.84. The minimum atomic E-state index is 0.129. The van der Waals surface area contributed by atoms with Gasteiger partial charge in [-0.25, -0.2) is 0 Å². The Kier molecular flexibility index (Phi) is 5.66. The molecule has 0 bridgehead atoms. The van der Waals surface area contributed by atoms with E-state index in [1.54, 1.807) is 4.90 Å². The van der Waals surface area contributed by atoms with Crippen LogP contribution in [-0.2, 0) is 11.3 Å². The molecule has 0 radical (unpaired) electrons. The first-order valence-corrected chi connectivity index (χ1v) is 9.55. The molecule has 24 heavy (non-hydrogen) atoms. The number of hydrogen-bond acceptors (Lipinski definition) is 2. The van der Waals surface area contributed by atoms with Crippen molar-refractivity contribution in [2.24, 2.45) is 0 Å². The quantitative estimate of drug-likeness (QED) is 0.716. The number of hydrogen-bond donors (Lipinski definition) is 3. The number of benzene rings is 1. The fourth-order valence-corrected chi connectivity index (χ4v) is 4.17. The number of piperazine rings is 1. The van der Waals surface area contributed by atoms with Crippen molar-refractivity contribution in [2.45, 2.75) is 20.4 Å². The van der Waals surface area contributed by atoms with Crippen LogP contribution in [0.25, 0.3) is 0 Å². The van der Waals surface area contributed by atoms with Crippen molar-refractivity contribution in [3.63, 3.8) is 0 Å². The van der Waals surface area contributed by atoms with E-state index >= 15 is 0 Å². The molecule has 1 aliphatic heterocycles. The lowest BCUT2D eigenvalue weighted by molar-refractivity contribution is -1.01. The van der Waals surface area contributed by atoms with Crippen molar-refractivity contribution in [1.29, 1.82) is 0 Å². The Morgan fingerprint density at radius 1 is 1.04 bits per heavy atom. The van der Waals surface area contributed by atoms with E-state index < -0.39 is 0 Å². The average molecular weight is 346 g/mol. The maximum absolute atomic E-state index is 12.4. The van der Waals surface area contributed by atoms with Crippen LogP contribution in [0.3, 0.4) is 0 Å². The molecule has 2 heterocycles. The van der Waals surface area contributed by atoms with Crippen LogP contribution in [0.4, 0.5) is 5.69 Å². The molecule has 4 nitrogen and oxygen atoms in total. The van der Waals surface area contributed by atoms with Gasteiger partial charge in [0.1, 0.15) is 32.7 Å². The highest BCUT2D eigenvalue weighted by molar-refractivity contribution is 7.09. The van der Waals surface area contributed by atoms with Gasteiger partial charge in [-0.3, -0.25) is 4.79 Å².